The van der Waals surface area contributed by atoms with E-state index in [1.165, 1.54) is 16.8 Å². The Labute approximate surface area is 80.1 Å². The predicted molar refractivity (Wildman–Crippen MR) is 56.8 cm³/mol. The van der Waals surface area contributed by atoms with Crippen LogP contribution in [0.15, 0.2) is 12.1 Å². The first-order chi connectivity index (χ1) is 6.07. The van der Waals surface area contributed by atoms with Crippen molar-refractivity contribution in [3.63, 3.8) is 0 Å². The van der Waals surface area contributed by atoms with Gasteiger partial charge >= 0.3 is 0 Å². The molecule has 0 saturated carbocycles. The Morgan fingerprint density at radius 2 is 1.77 bits per heavy atom. The average Bonchev–Trinajstić information content (AvgIpc) is 2.04. The highest BCUT2D eigenvalue weighted by molar-refractivity contribution is 5.62. The lowest BCUT2D eigenvalue weighted by Gasteiger charge is -2.20. The van der Waals surface area contributed by atoms with Crippen molar-refractivity contribution in [1.29, 1.82) is 0 Å². The second-order valence-corrected chi connectivity index (χ2v) is 3.45. The average molecular weight is 179 g/mol. The van der Waals surface area contributed by atoms with Crippen LogP contribution in [-0.4, -0.2) is 21.2 Å². The molecule has 0 fully saturated rings. The monoisotopic (exact) mass is 179 g/mol. The molecule has 0 bridgehead atoms. The number of hydrogen-bond acceptors (Lipinski definition) is 2. The predicted octanol–water partition coefficient (Wildman–Crippen LogP) is 2.38. The van der Waals surface area contributed by atoms with E-state index in [4.69, 9.17) is 4.74 Å². The standard InChI is InChI=1S/C11H17NO/c1-8-6-7-10(13-5)9(2)11(8)12(3)4/h6-7H,1-5H3. The highest BCUT2D eigenvalue weighted by atomic mass is 16.5. The van der Waals surface area contributed by atoms with Gasteiger partial charge in [-0.1, -0.05) is 6.07 Å². The summed E-state index contributed by atoms with van der Waals surface area (Å²) in [6.45, 7) is 4.20. The van der Waals surface area contributed by atoms with Crippen LogP contribution >= 0.6 is 0 Å². The molecule has 0 atom stereocenters. The van der Waals surface area contributed by atoms with Gasteiger partial charge in [-0.25, -0.2) is 0 Å². The lowest BCUT2D eigenvalue weighted by Crippen LogP contribution is -2.12. The van der Waals surface area contributed by atoms with E-state index < -0.39 is 0 Å². The SMILES string of the molecule is COc1ccc(C)c(N(C)C)c1C. The fraction of sp³-hybridized carbons (Fsp3) is 0.455. The van der Waals surface area contributed by atoms with Gasteiger partial charge in [-0.05, 0) is 25.5 Å². The van der Waals surface area contributed by atoms with Crippen molar-refractivity contribution in [2.45, 2.75) is 13.8 Å². The molecular formula is C11H17NO. The maximum atomic E-state index is 5.26. The molecule has 0 radical (unpaired) electrons. The Kier molecular flexibility index (Phi) is 2.81. The summed E-state index contributed by atoms with van der Waals surface area (Å²) < 4.78 is 5.26. The lowest BCUT2D eigenvalue weighted by atomic mass is 10.1. The molecule has 2 nitrogen and oxygen atoms in total. The van der Waals surface area contributed by atoms with Gasteiger partial charge in [0.1, 0.15) is 5.75 Å². The molecule has 72 valence electrons. The molecule has 0 heterocycles. The van der Waals surface area contributed by atoms with Gasteiger partial charge in [0, 0.05) is 25.3 Å². The number of nitrogens with zero attached hydrogens (tertiary/aromatic N) is 1. The van der Waals surface area contributed by atoms with Gasteiger partial charge in [0.25, 0.3) is 0 Å². The highest BCUT2D eigenvalue weighted by Crippen LogP contribution is 2.30. The van der Waals surface area contributed by atoms with Crippen molar-refractivity contribution in [3.05, 3.63) is 23.3 Å². The summed E-state index contributed by atoms with van der Waals surface area (Å²) in [6, 6.07) is 4.10. The number of aryl methyl sites for hydroxylation is 1. The molecule has 2 heteroatoms. The van der Waals surface area contributed by atoms with E-state index in [1.54, 1.807) is 7.11 Å². The molecule has 0 saturated heterocycles. The zero-order valence-electron chi connectivity index (χ0n) is 9.01. The number of methoxy groups -OCH3 is 1. The topological polar surface area (TPSA) is 12.5 Å². The third-order valence-corrected chi connectivity index (χ3v) is 2.25. The van der Waals surface area contributed by atoms with E-state index >= 15 is 0 Å². The molecule has 0 aliphatic rings. The maximum absolute atomic E-state index is 5.26. The van der Waals surface area contributed by atoms with E-state index in [9.17, 15) is 0 Å². The maximum Gasteiger partial charge on any atom is 0.123 e. The Morgan fingerprint density at radius 1 is 1.15 bits per heavy atom. The Hall–Kier alpha value is -1.18. The molecular weight excluding hydrogens is 162 g/mol. The van der Waals surface area contributed by atoms with Gasteiger partial charge in [-0.3, -0.25) is 0 Å². The van der Waals surface area contributed by atoms with E-state index in [2.05, 4.69) is 38.9 Å². The zero-order valence-corrected chi connectivity index (χ0v) is 9.01. The fourth-order valence-corrected chi connectivity index (χ4v) is 1.73. The van der Waals surface area contributed by atoms with Crippen LogP contribution in [-0.2, 0) is 0 Å². The van der Waals surface area contributed by atoms with Crippen molar-refractivity contribution in [1.82, 2.24) is 0 Å². The Bertz CT molecular complexity index is 305. The van der Waals surface area contributed by atoms with Gasteiger partial charge in [-0.15, -0.1) is 0 Å². The quantitative estimate of drug-likeness (QED) is 0.691. The molecule has 0 unspecified atom stereocenters. The number of rotatable bonds is 2. The van der Waals surface area contributed by atoms with Crippen LogP contribution in [0.4, 0.5) is 5.69 Å². The summed E-state index contributed by atoms with van der Waals surface area (Å²) >= 11 is 0. The summed E-state index contributed by atoms with van der Waals surface area (Å²) in [7, 11) is 5.81. The number of hydrogen-bond donors (Lipinski definition) is 0. The zero-order chi connectivity index (χ0) is 10.0. The molecule has 1 rings (SSSR count). The van der Waals surface area contributed by atoms with Crippen molar-refractivity contribution >= 4 is 5.69 Å². The van der Waals surface area contributed by atoms with E-state index in [1.807, 2.05) is 6.07 Å². The van der Waals surface area contributed by atoms with Crippen LogP contribution in [0.25, 0.3) is 0 Å². The minimum Gasteiger partial charge on any atom is -0.496 e. The first-order valence-electron chi connectivity index (χ1n) is 4.39. The molecule has 0 N–H and O–H groups in total. The molecule has 1 aromatic rings. The highest BCUT2D eigenvalue weighted by Gasteiger charge is 2.08. The van der Waals surface area contributed by atoms with Crippen molar-refractivity contribution in [3.8, 4) is 5.75 Å². The van der Waals surface area contributed by atoms with Gasteiger partial charge < -0.3 is 9.64 Å². The fourth-order valence-electron chi connectivity index (χ4n) is 1.73. The smallest absolute Gasteiger partial charge is 0.123 e. The van der Waals surface area contributed by atoms with Crippen LogP contribution in [0.1, 0.15) is 11.1 Å². The minimum absolute atomic E-state index is 0.953. The minimum atomic E-state index is 0.953. The summed E-state index contributed by atoms with van der Waals surface area (Å²) in [5.74, 6) is 0.953. The first kappa shape index (κ1) is 9.90. The summed E-state index contributed by atoms with van der Waals surface area (Å²) in [4.78, 5) is 2.12. The molecule has 0 aliphatic heterocycles. The van der Waals surface area contributed by atoms with Crippen LogP contribution in [0, 0.1) is 13.8 Å². The van der Waals surface area contributed by atoms with E-state index in [0.29, 0.717) is 0 Å². The Morgan fingerprint density at radius 3 is 2.23 bits per heavy atom. The number of ether oxygens (including phenoxy) is 1. The summed E-state index contributed by atoms with van der Waals surface area (Å²) in [6.07, 6.45) is 0. The van der Waals surface area contributed by atoms with Crippen LogP contribution in [0.5, 0.6) is 5.75 Å². The third-order valence-electron chi connectivity index (χ3n) is 2.25. The molecule has 0 spiro atoms. The van der Waals surface area contributed by atoms with Crippen molar-refractivity contribution < 1.29 is 4.74 Å². The van der Waals surface area contributed by atoms with Crippen LogP contribution in [0.3, 0.4) is 0 Å². The van der Waals surface area contributed by atoms with E-state index in [0.717, 1.165) is 5.75 Å². The Balaban J connectivity index is 3.30. The van der Waals surface area contributed by atoms with Crippen molar-refractivity contribution in [2.75, 3.05) is 26.1 Å². The van der Waals surface area contributed by atoms with Gasteiger partial charge in [-0.2, -0.15) is 0 Å². The van der Waals surface area contributed by atoms with Gasteiger partial charge in [0.05, 0.1) is 7.11 Å². The largest absolute Gasteiger partial charge is 0.496 e. The molecule has 1 aromatic carbocycles. The summed E-state index contributed by atoms with van der Waals surface area (Å²) in [5.41, 5.74) is 3.73. The number of benzene rings is 1. The second-order valence-electron chi connectivity index (χ2n) is 3.45. The third kappa shape index (κ3) is 1.77. The normalized spacial score (nSPS) is 9.92. The summed E-state index contributed by atoms with van der Waals surface area (Å²) in [5, 5.41) is 0. The van der Waals surface area contributed by atoms with E-state index in [-0.39, 0.29) is 0 Å². The van der Waals surface area contributed by atoms with Crippen LogP contribution < -0.4 is 9.64 Å². The molecule has 0 aliphatic carbocycles. The lowest BCUT2D eigenvalue weighted by molar-refractivity contribution is 0.411. The van der Waals surface area contributed by atoms with Gasteiger partial charge in [0.2, 0.25) is 0 Å². The second kappa shape index (κ2) is 3.69. The number of anilines is 1. The van der Waals surface area contributed by atoms with Crippen molar-refractivity contribution in [2.24, 2.45) is 0 Å². The molecule has 13 heavy (non-hydrogen) atoms. The first-order valence-corrected chi connectivity index (χ1v) is 4.39. The van der Waals surface area contributed by atoms with Crippen LogP contribution in [0.2, 0.25) is 0 Å². The molecule has 0 aromatic heterocycles. The van der Waals surface area contributed by atoms with Gasteiger partial charge in [0.15, 0.2) is 0 Å². The molecule has 0 amide bonds.